The molecule has 4 aromatic rings. The topological polar surface area (TPSA) is 35.0 Å². The van der Waals surface area contributed by atoms with Gasteiger partial charge in [0.1, 0.15) is 5.69 Å². The third-order valence-corrected chi connectivity index (χ3v) is 4.41. The van der Waals surface area contributed by atoms with E-state index < -0.39 is 0 Å². The fraction of sp³-hybridized carbons (Fsp3) is 0. The molecule has 0 unspecified atom stereocenters. The van der Waals surface area contributed by atoms with Gasteiger partial charge in [-0.05, 0) is 18.2 Å². The van der Waals surface area contributed by atoms with Crippen molar-refractivity contribution in [2.45, 2.75) is 0 Å². The molecule has 0 bridgehead atoms. The van der Waals surface area contributed by atoms with E-state index in [0.29, 0.717) is 21.7 Å². The van der Waals surface area contributed by atoms with Gasteiger partial charge in [-0.15, -0.1) is 10.2 Å². The zero-order chi connectivity index (χ0) is 17.2. The van der Waals surface area contributed by atoms with Gasteiger partial charge >= 0.3 is 0 Å². The zero-order valence-electron chi connectivity index (χ0n) is 13.0. The Balaban J connectivity index is 1.87. The van der Waals surface area contributed by atoms with Crippen LogP contribution < -0.4 is 4.74 Å². The Bertz CT molecular complexity index is 1030. The van der Waals surface area contributed by atoms with E-state index in [1.54, 1.807) is 18.2 Å². The highest BCUT2D eigenvalue weighted by Crippen LogP contribution is 2.38. The highest BCUT2D eigenvalue weighted by atomic mass is 35.5. The Morgan fingerprint density at radius 2 is 1.28 bits per heavy atom. The van der Waals surface area contributed by atoms with E-state index in [1.807, 2.05) is 54.6 Å². The van der Waals surface area contributed by atoms with E-state index in [0.717, 1.165) is 22.0 Å². The van der Waals surface area contributed by atoms with Crippen LogP contribution in [0.3, 0.4) is 0 Å². The summed E-state index contributed by atoms with van der Waals surface area (Å²) in [6, 6.07) is 22.9. The standard InChI is InChI=1S/C20H12Cl2N2O/c21-16-11-6-12-17(22)19(16)25-20-15-10-5-4-9-14(15)18(23-24-20)13-7-2-1-3-8-13/h1-12H. The molecule has 1 heterocycles. The largest absolute Gasteiger partial charge is 0.434 e. The second-order valence-corrected chi connectivity index (χ2v) is 6.23. The van der Waals surface area contributed by atoms with Gasteiger partial charge in [0.15, 0.2) is 5.75 Å². The molecule has 0 fully saturated rings. The molecule has 25 heavy (non-hydrogen) atoms. The van der Waals surface area contributed by atoms with Crippen LogP contribution in [-0.2, 0) is 0 Å². The third-order valence-electron chi connectivity index (χ3n) is 3.82. The summed E-state index contributed by atoms with van der Waals surface area (Å²) in [5, 5.41) is 11.3. The molecule has 4 rings (SSSR count). The first-order chi connectivity index (χ1) is 12.2. The minimum absolute atomic E-state index is 0.366. The Morgan fingerprint density at radius 3 is 2.00 bits per heavy atom. The van der Waals surface area contributed by atoms with Crippen molar-refractivity contribution in [1.29, 1.82) is 0 Å². The number of para-hydroxylation sites is 1. The lowest BCUT2D eigenvalue weighted by atomic mass is 10.1. The molecule has 3 nitrogen and oxygen atoms in total. The molecular formula is C20H12Cl2N2O. The maximum atomic E-state index is 6.20. The summed E-state index contributed by atoms with van der Waals surface area (Å²) in [7, 11) is 0. The molecule has 0 amide bonds. The predicted molar refractivity (Wildman–Crippen MR) is 102 cm³/mol. The fourth-order valence-electron chi connectivity index (χ4n) is 2.64. The second-order valence-electron chi connectivity index (χ2n) is 5.42. The summed E-state index contributed by atoms with van der Waals surface area (Å²) in [5.41, 5.74) is 1.79. The minimum atomic E-state index is 0.366. The van der Waals surface area contributed by atoms with Crippen molar-refractivity contribution >= 4 is 34.0 Å². The quantitative estimate of drug-likeness (QED) is 0.420. The van der Waals surface area contributed by atoms with Crippen molar-refractivity contribution < 1.29 is 4.74 Å². The van der Waals surface area contributed by atoms with Crippen molar-refractivity contribution in [3.63, 3.8) is 0 Å². The number of aromatic nitrogens is 2. The lowest BCUT2D eigenvalue weighted by Crippen LogP contribution is -1.96. The number of benzene rings is 3. The summed E-state index contributed by atoms with van der Waals surface area (Å²) in [5.74, 6) is 0.739. The van der Waals surface area contributed by atoms with Crippen LogP contribution in [-0.4, -0.2) is 10.2 Å². The number of hydrogen-bond acceptors (Lipinski definition) is 3. The maximum Gasteiger partial charge on any atom is 0.246 e. The minimum Gasteiger partial charge on any atom is -0.434 e. The molecule has 0 aliphatic heterocycles. The Morgan fingerprint density at radius 1 is 0.640 bits per heavy atom. The van der Waals surface area contributed by atoms with Gasteiger partial charge in [0.05, 0.1) is 10.0 Å². The van der Waals surface area contributed by atoms with Gasteiger partial charge in [0, 0.05) is 16.3 Å². The molecule has 0 N–H and O–H groups in total. The van der Waals surface area contributed by atoms with Crippen molar-refractivity contribution in [3.05, 3.63) is 82.8 Å². The maximum absolute atomic E-state index is 6.20. The summed E-state index contributed by atoms with van der Waals surface area (Å²) >= 11 is 12.4. The van der Waals surface area contributed by atoms with E-state index >= 15 is 0 Å². The van der Waals surface area contributed by atoms with Gasteiger partial charge in [-0.1, -0.05) is 77.8 Å². The Kier molecular flexibility index (Phi) is 4.26. The van der Waals surface area contributed by atoms with Gasteiger partial charge in [-0.25, -0.2) is 0 Å². The molecule has 0 atom stereocenters. The summed E-state index contributed by atoms with van der Waals surface area (Å²) < 4.78 is 5.91. The number of rotatable bonds is 3. The van der Waals surface area contributed by atoms with Gasteiger partial charge in [-0.2, -0.15) is 0 Å². The van der Waals surface area contributed by atoms with Crippen LogP contribution in [0.25, 0.3) is 22.0 Å². The van der Waals surface area contributed by atoms with Crippen LogP contribution in [0.1, 0.15) is 0 Å². The van der Waals surface area contributed by atoms with Gasteiger partial charge in [0.2, 0.25) is 5.88 Å². The smallest absolute Gasteiger partial charge is 0.246 e. The molecule has 0 saturated carbocycles. The number of halogens is 2. The number of nitrogens with zero attached hydrogens (tertiary/aromatic N) is 2. The molecule has 1 aromatic heterocycles. The highest BCUT2D eigenvalue weighted by Gasteiger charge is 2.15. The van der Waals surface area contributed by atoms with E-state index in [4.69, 9.17) is 27.9 Å². The average molecular weight is 367 g/mol. The number of hydrogen-bond donors (Lipinski definition) is 0. The summed E-state index contributed by atoms with van der Waals surface area (Å²) in [6.45, 7) is 0. The first-order valence-corrected chi connectivity index (χ1v) is 8.42. The van der Waals surface area contributed by atoms with Crippen molar-refractivity contribution in [2.24, 2.45) is 0 Å². The second kappa shape index (κ2) is 6.71. The normalized spacial score (nSPS) is 10.8. The number of ether oxygens (including phenoxy) is 1. The first kappa shape index (κ1) is 15.9. The molecular weight excluding hydrogens is 355 g/mol. The van der Waals surface area contributed by atoms with Gasteiger partial charge in [-0.3, -0.25) is 0 Å². The lowest BCUT2D eigenvalue weighted by molar-refractivity contribution is 0.462. The molecule has 0 aliphatic carbocycles. The van der Waals surface area contributed by atoms with Crippen LogP contribution in [0, 0.1) is 0 Å². The Labute approximate surface area is 154 Å². The molecule has 0 spiro atoms. The van der Waals surface area contributed by atoms with Crippen molar-refractivity contribution in [3.8, 4) is 22.9 Å². The average Bonchev–Trinajstić information content (AvgIpc) is 2.65. The number of fused-ring (bicyclic) bond motifs is 1. The summed E-state index contributed by atoms with van der Waals surface area (Å²) in [4.78, 5) is 0. The van der Waals surface area contributed by atoms with Crippen LogP contribution in [0.2, 0.25) is 10.0 Å². The summed E-state index contributed by atoms with van der Waals surface area (Å²) in [6.07, 6.45) is 0. The van der Waals surface area contributed by atoms with Crippen LogP contribution >= 0.6 is 23.2 Å². The zero-order valence-corrected chi connectivity index (χ0v) is 14.5. The third kappa shape index (κ3) is 3.04. The van der Waals surface area contributed by atoms with E-state index in [-0.39, 0.29) is 0 Å². The van der Waals surface area contributed by atoms with E-state index in [1.165, 1.54) is 0 Å². The Hall–Kier alpha value is -2.62. The molecule has 0 saturated heterocycles. The lowest BCUT2D eigenvalue weighted by Gasteiger charge is -2.12. The monoisotopic (exact) mass is 366 g/mol. The van der Waals surface area contributed by atoms with Gasteiger partial charge < -0.3 is 4.74 Å². The molecule has 3 aromatic carbocycles. The first-order valence-electron chi connectivity index (χ1n) is 7.67. The molecule has 122 valence electrons. The van der Waals surface area contributed by atoms with Crippen LogP contribution in [0.4, 0.5) is 0 Å². The van der Waals surface area contributed by atoms with E-state index in [2.05, 4.69) is 10.2 Å². The van der Waals surface area contributed by atoms with Crippen molar-refractivity contribution in [1.82, 2.24) is 10.2 Å². The van der Waals surface area contributed by atoms with Crippen LogP contribution in [0.5, 0.6) is 11.6 Å². The fourth-order valence-corrected chi connectivity index (χ4v) is 3.12. The SMILES string of the molecule is Clc1cccc(Cl)c1Oc1nnc(-c2ccccc2)c2ccccc12. The highest BCUT2D eigenvalue weighted by molar-refractivity contribution is 6.37. The van der Waals surface area contributed by atoms with Crippen LogP contribution in [0.15, 0.2) is 72.8 Å². The molecule has 0 radical (unpaired) electrons. The van der Waals surface area contributed by atoms with E-state index in [9.17, 15) is 0 Å². The predicted octanol–water partition coefficient (Wildman–Crippen LogP) is 6.40. The molecule has 0 aliphatic rings. The van der Waals surface area contributed by atoms with Gasteiger partial charge in [0.25, 0.3) is 0 Å². The van der Waals surface area contributed by atoms with Crippen molar-refractivity contribution in [2.75, 3.05) is 0 Å². The molecule has 5 heteroatoms.